The summed E-state index contributed by atoms with van der Waals surface area (Å²) in [5.74, 6) is 2.47. The molecule has 0 aromatic carbocycles. The van der Waals surface area contributed by atoms with Crippen molar-refractivity contribution in [1.82, 2.24) is 4.90 Å². The zero-order valence-corrected chi connectivity index (χ0v) is 10.7. The Balaban J connectivity index is 1.95. The molecule has 0 heterocycles. The van der Waals surface area contributed by atoms with Gasteiger partial charge < -0.3 is 5.73 Å². The van der Waals surface area contributed by atoms with Crippen LogP contribution in [0, 0.1) is 17.8 Å². The van der Waals surface area contributed by atoms with Crippen molar-refractivity contribution in [1.29, 1.82) is 0 Å². The second kappa shape index (κ2) is 4.89. The molecule has 0 aromatic heterocycles. The maximum Gasteiger partial charge on any atom is 0.0163 e. The number of rotatable bonds is 5. The fraction of sp³-hybridized carbons (Fsp3) is 0.857. The van der Waals surface area contributed by atoms with Crippen LogP contribution < -0.4 is 5.73 Å². The summed E-state index contributed by atoms with van der Waals surface area (Å²) in [6.45, 7) is 10.6. The lowest BCUT2D eigenvalue weighted by molar-refractivity contribution is 0.158. The van der Waals surface area contributed by atoms with Crippen molar-refractivity contribution < 1.29 is 0 Å². The molecule has 0 aromatic rings. The molecular formula is C14H26N2. The van der Waals surface area contributed by atoms with E-state index in [4.69, 9.17) is 5.73 Å². The minimum Gasteiger partial charge on any atom is -0.327 e. The summed E-state index contributed by atoms with van der Waals surface area (Å²) in [6, 6.07) is 1.06. The smallest absolute Gasteiger partial charge is 0.0163 e. The molecule has 0 amide bonds. The average Bonchev–Trinajstić information content (AvgIpc) is 2.80. The first-order chi connectivity index (χ1) is 7.63. The van der Waals surface area contributed by atoms with Gasteiger partial charge in [-0.2, -0.15) is 0 Å². The lowest BCUT2D eigenvalue weighted by atomic mass is 9.84. The third kappa shape index (κ3) is 2.18. The first-order valence-electron chi connectivity index (χ1n) is 6.74. The molecular weight excluding hydrogens is 196 g/mol. The molecule has 0 aliphatic heterocycles. The summed E-state index contributed by atoms with van der Waals surface area (Å²) in [6.07, 6.45) is 6.21. The Labute approximate surface area is 99.9 Å². The van der Waals surface area contributed by atoms with Gasteiger partial charge in [0, 0.05) is 25.2 Å². The summed E-state index contributed by atoms with van der Waals surface area (Å²) in [4.78, 5) is 2.51. The van der Waals surface area contributed by atoms with Crippen molar-refractivity contribution in [2.75, 3.05) is 13.1 Å². The molecule has 4 atom stereocenters. The Morgan fingerprint density at radius 1 is 1.38 bits per heavy atom. The van der Waals surface area contributed by atoms with Crippen LogP contribution in [-0.4, -0.2) is 30.1 Å². The largest absolute Gasteiger partial charge is 0.327 e. The molecule has 2 nitrogen and oxygen atoms in total. The molecule has 16 heavy (non-hydrogen) atoms. The van der Waals surface area contributed by atoms with Gasteiger partial charge in [0.2, 0.25) is 0 Å². The van der Waals surface area contributed by atoms with E-state index in [1.54, 1.807) is 0 Å². The fourth-order valence-electron chi connectivity index (χ4n) is 3.66. The highest BCUT2D eigenvalue weighted by atomic mass is 15.1. The predicted molar refractivity (Wildman–Crippen MR) is 69.2 cm³/mol. The number of nitrogens with two attached hydrogens (primary N) is 1. The van der Waals surface area contributed by atoms with Gasteiger partial charge in [0.25, 0.3) is 0 Å². The SMILES string of the molecule is C=CCN(CC1C2CCC(C2)C1N)C(C)C. The van der Waals surface area contributed by atoms with E-state index in [-0.39, 0.29) is 0 Å². The van der Waals surface area contributed by atoms with Crippen molar-refractivity contribution in [2.45, 2.75) is 45.2 Å². The Morgan fingerprint density at radius 2 is 2.06 bits per heavy atom. The van der Waals surface area contributed by atoms with Crippen LogP contribution in [0.4, 0.5) is 0 Å². The molecule has 2 N–H and O–H groups in total. The number of hydrogen-bond acceptors (Lipinski definition) is 2. The Hall–Kier alpha value is -0.340. The van der Waals surface area contributed by atoms with E-state index in [9.17, 15) is 0 Å². The normalized spacial score (nSPS) is 37.6. The summed E-state index contributed by atoms with van der Waals surface area (Å²) >= 11 is 0. The Bertz CT molecular complexity index is 247. The maximum absolute atomic E-state index is 6.36. The van der Waals surface area contributed by atoms with Crippen LogP contribution in [0.25, 0.3) is 0 Å². The van der Waals surface area contributed by atoms with Crippen LogP contribution in [0.5, 0.6) is 0 Å². The van der Waals surface area contributed by atoms with Crippen LogP contribution in [0.15, 0.2) is 12.7 Å². The van der Waals surface area contributed by atoms with Gasteiger partial charge in [-0.3, -0.25) is 4.90 Å². The standard InChI is InChI=1S/C14H26N2/c1-4-7-16(10(2)3)9-13-11-5-6-12(8-11)14(13)15/h4,10-14H,1,5-9,15H2,2-3H3. The molecule has 2 aliphatic carbocycles. The van der Waals surface area contributed by atoms with Gasteiger partial charge in [-0.25, -0.2) is 0 Å². The van der Waals surface area contributed by atoms with Gasteiger partial charge >= 0.3 is 0 Å². The molecule has 2 saturated carbocycles. The maximum atomic E-state index is 6.36. The topological polar surface area (TPSA) is 29.3 Å². The van der Waals surface area contributed by atoms with Crippen molar-refractivity contribution in [3.63, 3.8) is 0 Å². The van der Waals surface area contributed by atoms with Crippen LogP contribution in [0.3, 0.4) is 0 Å². The van der Waals surface area contributed by atoms with Crippen molar-refractivity contribution >= 4 is 0 Å². The first kappa shape index (κ1) is 12.1. The monoisotopic (exact) mass is 222 g/mol. The molecule has 2 heteroatoms. The second-order valence-corrected chi connectivity index (χ2v) is 5.91. The van der Waals surface area contributed by atoms with E-state index in [2.05, 4.69) is 25.3 Å². The van der Waals surface area contributed by atoms with Gasteiger partial charge in [0.15, 0.2) is 0 Å². The highest BCUT2D eigenvalue weighted by molar-refractivity contribution is 5.00. The van der Waals surface area contributed by atoms with E-state index < -0.39 is 0 Å². The third-order valence-electron chi connectivity index (χ3n) is 4.70. The van der Waals surface area contributed by atoms with Crippen molar-refractivity contribution in [2.24, 2.45) is 23.5 Å². The quantitative estimate of drug-likeness (QED) is 0.723. The number of nitrogens with zero attached hydrogens (tertiary/aromatic N) is 1. The van der Waals surface area contributed by atoms with Crippen LogP contribution in [-0.2, 0) is 0 Å². The molecule has 0 saturated heterocycles. The molecule has 0 radical (unpaired) electrons. The summed E-state index contributed by atoms with van der Waals surface area (Å²) in [5, 5.41) is 0. The van der Waals surface area contributed by atoms with Gasteiger partial charge in [0.1, 0.15) is 0 Å². The van der Waals surface area contributed by atoms with Gasteiger partial charge in [-0.05, 0) is 50.9 Å². The third-order valence-corrected chi connectivity index (χ3v) is 4.70. The highest BCUT2D eigenvalue weighted by Crippen LogP contribution is 2.47. The van der Waals surface area contributed by atoms with Gasteiger partial charge in [0.05, 0.1) is 0 Å². The predicted octanol–water partition coefficient (Wildman–Crippen LogP) is 2.26. The summed E-state index contributed by atoms with van der Waals surface area (Å²) in [5.41, 5.74) is 6.36. The fourth-order valence-corrected chi connectivity index (χ4v) is 3.66. The van der Waals surface area contributed by atoms with Crippen molar-refractivity contribution in [3.05, 3.63) is 12.7 Å². The molecule has 2 fully saturated rings. The van der Waals surface area contributed by atoms with Gasteiger partial charge in [-0.15, -0.1) is 6.58 Å². The summed E-state index contributed by atoms with van der Waals surface area (Å²) in [7, 11) is 0. The summed E-state index contributed by atoms with van der Waals surface area (Å²) < 4.78 is 0. The zero-order valence-electron chi connectivity index (χ0n) is 10.7. The lowest BCUT2D eigenvalue weighted by Crippen LogP contribution is -2.44. The van der Waals surface area contributed by atoms with Crippen LogP contribution in [0.1, 0.15) is 33.1 Å². The van der Waals surface area contributed by atoms with Gasteiger partial charge in [-0.1, -0.05) is 6.08 Å². The van der Waals surface area contributed by atoms with Crippen molar-refractivity contribution in [3.8, 4) is 0 Å². The second-order valence-electron chi connectivity index (χ2n) is 5.91. The van der Waals surface area contributed by atoms with E-state index in [0.29, 0.717) is 12.1 Å². The Morgan fingerprint density at radius 3 is 2.56 bits per heavy atom. The first-order valence-corrected chi connectivity index (χ1v) is 6.74. The highest BCUT2D eigenvalue weighted by Gasteiger charge is 2.45. The molecule has 2 bridgehead atoms. The average molecular weight is 222 g/mol. The molecule has 92 valence electrons. The Kier molecular flexibility index (Phi) is 3.70. The molecule has 4 unspecified atom stereocenters. The molecule has 2 rings (SSSR count). The minimum absolute atomic E-state index is 0.463. The van der Waals surface area contributed by atoms with E-state index in [1.165, 1.54) is 25.8 Å². The van der Waals surface area contributed by atoms with Crippen LogP contribution >= 0.6 is 0 Å². The lowest BCUT2D eigenvalue weighted by Gasteiger charge is -2.35. The van der Waals surface area contributed by atoms with E-state index >= 15 is 0 Å². The zero-order chi connectivity index (χ0) is 11.7. The molecule has 2 aliphatic rings. The van der Waals surface area contributed by atoms with Crippen LogP contribution in [0.2, 0.25) is 0 Å². The molecule has 0 spiro atoms. The number of hydrogen-bond donors (Lipinski definition) is 1. The van der Waals surface area contributed by atoms with E-state index in [1.807, 2.05) is 6.08 Å². The minimum atomic E-state index is 0.463. The number of fused-ring (bicyclic) bond motifs is 2. The van der Waals surface area contributed by atoms with E-state index in [0.717, 1.165) is 24.3 Å².